The summed E-state index contributed by atoms with van der Waals surface area (Å²) >= 11 is 0. The van der Waals surface area contributed by atoms with Gasteiger partial charge in [0.2, 0.25) is 0 Å². The molecule has 0 spiro atoms. The molecule has 0 heterocycles. The van der Waals surface area contributed by atoms with Crippen molar-refractivity contribution in [2.24, 2.45) is 10.9 Å². The van der Waals surface area contributed by atoms with Crippen LogP contribution in [-0.2, 0) is 9.84 Å². The van der Waals surface area contributed by atoms with E-state index in [1.807, 2.05) is 0 Å². The highest BCUT2D eigenvalue weighted by atomic mass is 32.2. The van der Waals surface area contributed by atoms with Crippen LogP contribution in [0.3, 0.4) is 0 Å². The summed E-state index contributed by atoms with van der Waals surface area (Å²) in [7, 11) is -1.23. The van der Waals surface area contributed by atoms with E-state index in [4.69, 9.17) is 0 Å². The lowest BCUT2D eigenvalue weighted by Crippen LogP contribution is -2.43. The van der Waals surface area contributed by atoms with Crippen molar-refractivity contribution < 1.29 is 8.42 Å². The molecule has 0 fully saturated rings. The van der Waals surface area contributed by atoms with E-state index in [0.717, 1.165) is 12.8 Å². The molecule has 0 aliphatic rings. The topological polar surface area (TPSA) is 70.6 Å². The molecule has 0 rings (SSSR count). The summed E-state index contributed by atoms with van der Waals surface area (Å²) in [5.74, 6) is 1.69. The second-order valence-electron chi connectivity index (χ2n) is 5.25. The molecule has 6 heteroatoms. The van der Waals surface area contributed by atoms with Crippen molar-refractivity contribution in [2.75, 3.05) is 25.1 Å². The van der Waals surface area contributed by atoms with Crippen molar-refractivity contribution >= 4 is 15.8 Å². The average molecular weight is 291 g/mol. The zero-order valence-corrected chi connectivity index (χ0v) is 13.7. The van der Waals surface area contributed by atoms with E-state index >= 15 is 0 Å². The first-order chi connectivity index (χ1) is 8.80. The highest BCUT2D eigenvalue weighted by molar-refractivity contribution is 7.91. The zero-order valence-electron chi connectivity index (χ0n) is 12.9. The van der Waals surface area contributed by atoms with Gasteiger partial charge in [-0.1, -0.05) is 20.8 Å². The molecule has 0 aliphatic carbocycles. The van der Waals surface area contributed by atoms with Crippen LogP contribution in [0.2, 0.25) is 0 Å². The molecule has 0 aromatic rings. The van der Waals surface area contributed by atoms with Crippen LogP contribution in [-0.4, -0.2) is 45.5 Å². The largest absolute Gasteiger partial charge is 0.355 e. The van der Waals surface area contributed by atoms with E-state index in [2.05, 4.69) is 36.4 Å². The van der Waals surface area contributed by atoms with Crippen molar-refractivity contribution in [3.05, 3.63) is 0 Å². The predicted octanol–water partition coefficient (Wildman–Crippen LogP) is 1.41. The highest BCUT2D eigenvalue weighted by Crippen LogP contribution is 2.06. The number of aliphatic imine (C=N–C) groups is 1. The van der Waals surface area contributed by atoms with Gasteiger partial charge in [0.05, 0.1) is 5.75 Å². The molecule has 19 heavy (non-hydrogen) atoms. The maximum Gasteiger partial charge on any atom is 0.191 e. The highest BCUT2D eigenvalue weighted by Gasteiger charge is 2.09. The first-order valence-corrected chi connectivity index (χ1v) is 8.80. The Morgan fingerprint density at radius 2 is 1.84 bits per heavy atom. The van der Waals surface area contributed by atoms with Gasteiger partial charge < -0.3 is 10.6 Å². The average Bonchev–Trinajstić information content (AvgIpc) is 2.35. The Morgan fingerprint density at radius 3 is 2.32 bits per heavy atom. The van der Waals surface area contributed by atoms with Crippen molar-refractivity contribution in [1.82, 2.24) is 10.6 Å². The molecule has 1 atom stereocenters. The van der Waals surface area contributed by atoms with Gasteiger partial charge in [0, 0.05) is 25.4 Å². The quantitative estimate of drug-likeness (QED) is 0.524. The zero-order chi connectivity index (χ0) is 14.9. The number of nitrogens with zero attached hydrogens (tertiary/aromatic N) is 1. The van der Waals surface area contributed by atoms with Crippen LogP contribution in [0.4, 0.5) is 0 Å². The molecular formula is C13H29N3O2S. The molecule has 0 bridgehead atoms. The van der Waals surface area contributed by atoms with E-state index in [9.17, 15) is 8.42 Å². The van der Waals surface area contributed by atoms with Gasteiger partial charge in [-0.05, 0) is 25.7 Å². The summed E-state index contributed by atoms with van der Waals surface area (Å²) in [6.45, 7) is 8.58. The third-order valence-electron chi connectivity index (χ3n) is 2.93. The summed E-state index contributed by atoms with van der Waals surface area (Å²) in [5.41, 5.74) is 0. The number of nitrogens with one attached hydrogen (secondary N) is 2. The Morgan fingerprint density at radius 1 is 1.21 bits per heavy atom. The molecule has 0 aromatic carbocycles. The minimum atomic E-state index is -2.92. The van der Waals surface area contributed by atoms with Crippen molar-refractivity contribution in [3.63, 3.8) is 0 Å². The van der Waals surface area contributed by atoms with Crippen LogP contribution in [0.15, 0.2) is 4.99 Å². The maximum absolute atomic E-state index is 11.4. The molecule has 1 unspecified atom stereocenters. The van der Waals surface area contributed by atoms with Crippen LogP contribution < -0.4 is 10.6 Å². The van der Waals surface area contributed by atoms with Gasteiger partial charge >= 0.3 is 0 Å². The monoisotopic (exact) mass is 291 g/mol. The summed E-state index contributed by atoms with van der Waals surface area (Å²) in [5, 5.41) is 6.31. The van der Waals surface area contributed by atoms with E-state index in [1.54, 1.807) is 14.0 Å². The summed E-state index contributed by atoms with van der Waals surface area (Å²) < 4.78 is 22.7. The van der Waals surface area contributed by atoms with Crippen molar-refractivity contribution in [2.45, 2.75) is 46.6 Å². The van der Waals surface area contributed by atoms with E-state index in [0.29, 0.717) is 24.5 Å². The smallest absolute Gasteiger partial charge is 0.191 e. The molecule has 0 saturated heterocycles. The molecule has 0 aliphatic heterocycles. The van der Waals surface area contributed by atoms with E-state index in [1.165, 1.54) is 0 Å². The fourth-order valence-corrected chi connectivity index (χ4v) is 2.25. The van der Waals surface area contributed by atoms with Gasteiger partial charge in [0.15, 0.2) is 15.8 Å². The van der Waals surface area contributed by atoms with Gasteiger partial charge in [0.1, 0.15) is 0 Å². The maximum atomic E-state index is 11.4. The van der Waals surface area contributed by atoms with Crippen LogP contribution >= 0.6 is 0 Å². The summed E-state index contributed by atoms with van der Waals surface area (Å²) in [6, 6.07) is 0.330. The standard InChI is InChI=1S/C13H29N3O2S/c1-6-19(17,18)10-9-15-13(14-5)16-12(4)8-7-11(2)3/h11-12H,6-10H2,1-5H3,(H2,14,15,16). The van der Waals surface area contributed by atoms with Crippen LogP contribution in [0.1, 0.15) is 40.5 Å². The number of sulfone groups is 1. The number of hydrogen-bond acceptors (Lipinski definition) is 3. The minimum absolute atomic E-state index is 0.143. The fraction of sp³-hybridized carbons (Fsp3) is 0.923. The number of hydrogen-bond donors (Lipinski definition) is 2. The van der Waals surface area contributed by atoms with Gasteiger partial charge in [-0.25, -0.2) is 8.42 Å². The lowest BCUT2D eigenvalue weighted by atomic mass is 10.0. The Balaban J connectivity index is 4.03. The molecular weight excluding hydrogens is 262 g/mol. The Hall–Kier alpha value is -0.780. The molecule has 0 aromatic heterocycles. The van der Waals surface area contributed by atoms with Crippen molar-refractivity contribution in [3.8, 4) is 0 Å². The van der Waals surface area contributed by atoms with Gasteiger partial charge in [-0.2, -0.15) is 0 Å². The van der Waals surface area contributed by atoms with E-state index < -0.39 is 9.84 Å². The second kappa shape index (κ2) is 9.18. The molecule has 0 amide bonds. The van der Waals surface area contributed by atoms with Gasteiger partial charge in [0.25, 0.3) is 0 Å². The molecule has 114 valence electrons. The van der Waals surface area contributed by atoms with Gasteiger partial charge in [-0.15, -0.1) is 0 Å². The molecule has 2 N–H and O–H groups in total. The first-order valence-electron chi connectivity index (χ1n) is 6.98. The van der Waals surface area contributed by atoms with Crippen LogP contribution in [0, 0.1) is 5.92 Å². The van der Waals surface area contributed by atoms with Crippen molar-refractivity contribution in [1.29, 1.82) is 0 Å². The SMILES string of the molecule is CCS(=O)(=O)CCNC(=NC)NC(C)CCC(C)C. The lowest BCUT2D eigenvalue weighted by molar-refractivity contribution is 0.489. The fourth-order valence-electron chi connectivity index (χ4n) is 1.55. The second-order valence-corrected chi connectivity index (χ2v) is 7.72. The lowest BCUT2D eigenvalue weighted by Gasteiger charge is -2.18. The third kappa shape index (κ3) is 9.76. The Kier molecular flexibility index (Phi) is 8.80. The van der Waals surface area contributed by atoms with E-state index in [-0.39, 0.29) is 11.5 Å². The third-order valence-corrected chi connectivity index (χ3v) is 4.63. The van der Waals surface area contributed by atoms with Crippen LogP contribution in [0.5, 0.6) is 0 Å². The Bertz CT molecular complexity index is 364. The first kappa shape index (κ1) is 18.2. The predicted molar refractivity (Wildman–Crippen MR) is 82.4 cm³/mol. The number of rotatable bonds is 8. The van der Waals surface area contributed by atoms with Gasteiger partial charge in [-0.3, -0.25) is 4.99 Å². The summed E-state index contributed by atoms with van der Waals surface area (Å²) in [4.78, 5) is 4.10. The molecule has 0 saturated carbocycles. The Labute approximate surface area is 118 Å². The molecule has 5 nitrogen and oxygen atoms in total. The normalized spacial score (nSPS) is 14.5. The number of guanidine groups is 1. The summed E-state index contributed by atoms with van der Waals surface area (Å²) in [6.07, 6.45) is 2.24. The minimum Gasteiger partial charge on any atom is -0.355 e. The van der Waals surface area contributed by atoms with Crippen LogP contribution in [0.25, 0.3) is 0 Å². The molecule has 0 radical (unpaired) electrons.